The van der Waals surface area contributed by atoms with Crippen molar-refractivity contribution in [1.29, 1.82) is 0 Å². The third-order valence-corrected chi connectivity index (χ3v) is 5.94. The molecule has 8 heteroatoms. The van der Waals surface area contributed by atoms with Crippen molar-refractivity contribution in [3.05, 3.63) is 52.6 Å². The molecular weight excluding hydrogens is 338 g/mol. The molecule has 0 aliphatic rings. The van der Waals surface area contributed by atoms with Gasteiger partial charge < -0.3 is 0 Å². The zero-order valence-corrected chi connectivity index (χ0v) is 15.3. The molecule has 0 unspecified atom stereocenters. The Kier molecular flexibility index (Phi) is 4.30. The zero-order valence-electron chi connectivity index (χ0n) is 14.5. The van der Waals surface area contributed by atoms with Gasteiger partial charge in [0, 0.05) is 11.3 Å². The Morgan fingerprint density at radius 3 is 2.28 bits per heavy atom. The van der Waals surface area contributed by atoms with Crippen LogP contribution in [0.1, 0.15) is 22.3 Å². The minimum absolute atomic E-state index is 0.329. The Hall–Kier alpha value is -2.74. The number of sulfonamides is 1. The van der Waals surface area contributed by atoms with Gasteiger partial charge in [-0.3, -0.25) is 4.72 Å². The average Bonchev–Trinajstić information content (AvgIpc) is 3.07. The van der Waals surface area contributed by atoms with Crippen LogP contribution in [0.15, 0.2) is 35.2 Å². The smallest absolute Gasteiger partial charge is 0.262 e. The van der Waals surface area contributed by atoms with E-state index in [0.717, 1.165) is 22.3 Å². The molecule has 7 nitrogen and oxygen atoms in total. The summed E-state index contributed by atoms with van der Waals surface area (Å²) in [6, 6.07) is 8.89. The number of aromatic nitrogens is 4. The van der Waals surface area contributed by atoms with Gasteiger partial charge in [-0.05, 0) is 67.3 Å². The minimum atomic E-state index is -3.72. The van der Waals surface area contributed by atoms with Crippen LogP contribution in [0.5, 0.6) is 0 Å². The van der Waals surface area contributed by atoms with Gasteiger partial charge in [-0.15, -0.1) is 10.2 Å². The third kappa shape index (κ3) is 3.25. The van der Waals surface area contributed by atoms with Gasteiger partial charge in [-0.2, -0.15) is 5.21 Å². The van der Waals surface area contributed by atoms with Crippen LogP contribution >= 0.6 is 0 Å². The van der Waals surface area contributed by atoms with Crippen molar-refractivity contribution in [1.82, 2.24) is 20.6 Å². The van der Waals surface area contributed by atoms with E-state index in [2.05, 4.69) is 25.3 Å². The van der Waals surface area contributed by atoms with E-state index in [9.17, 15) is 8.42 Å². The highest BCUT2D eigenvalue weighted by molar-refractivity contribution is 7.92. The number of anilines is 1. The first-order valence-electron chi connectivity index (χ1n) is 7.73. The molecule has 0 saturated carbocycles. The maximum Gasteiger partial charge on any atom is 0.262 e. The number of tetrazole rings is 1. The van der Waals surface area contributed by atoms with Crippen LogP contribution in [0, 0.1) is 27.7 Å². The molecule has 0 aliphatic carbocycles. The zero-order chi connectivity index (χ0) is 18.2. The lowest BCUT2D eigenvalue weighted by Gasteiger charge is -2.17. The van der Waals surface area contributed by atoms with Gasteiger partial charge in [-0.1, -0.05) is 18.2 Å². The van der Waals surface area contributed by atoms with Gasteiger partial charge in [0.15, 0.2) is 0 Å². The predicted octanol–water partition coefficient (Wildman–Crippen LogP) is 2.90. The molecule has 0 atom stereocenters. The number of H-pyrrole nitrogens is 1. The Bertz CT molecular complexity index is 1000. The summed E-state index contributed by atoms with van der Waals surface area (Å²) in [7, 11) is -3.72. The summed E-state index contributed by atoms with van der Waals surface area (Å²) in [6.07, 6.45) is 0. The Morgan fingerprint density at radius 1 is 1.00 bits per heavy atom. The molecule has 2 N–H and O–H groups in total. The highest BCUT2D eigenvalue weighted by Gasteiger charge is 2.22. The molecule has 0 saturated heterocycles. The largest absolute Gasteiger partial charge is 0.280 e. The van der Waals surface area contributed by atoms with Crippen LogP contribution in [0.25, 0.3) is 11.4 Å². The Morgan fingerprint density at radius 2 is 1.68 bits per heavy atom. The van der Waals surface area contributed by atoms with E-state index in [4.69, 9.17) is 0 Å². The lowest BCUT2D eigenvalue weighted by atomic mass is 10.0. The van der Waals surface area contributed by atoms with Crippen LogP contribution in [-0.4, -0.2) is 29.0 Å². The van der Waals surface area contributed by atoms with Crippen LogP contribution in [-0.2, 0) is 10.0 Å². The van der Waals surface area contributed by atoms with Crippen molar-refractivity contribution < 1.29 is 8.42 Å². The lowest BCUT2D eigenvalue weighted by molar-refractivity contribution is 0.599. The van der Waals surface area contributed by atoms with Gasteiger partial charge in [-0.25, -0.2) is 8.42 Å². The van der Waals surface area contributed by atoms with Gasteiger partial charge in [0.05, 0.1) is 4.90 Å². The summed E-state index contributed by atoms with van der Waals surface area (Å²) in [6.45, 7) is 7.48. The maximum absolute atomic E-state index is 13.0. The van der Waals surface area contributed by atoms with Crippen molar-refractivity contribution in [2.75, 3.05) is 4.72 Å². The summed E-state index contributed by atoms with van der Waals surface area (Å²) >= 11 is 0. The molecule has 3 aromatic rings. The molecule has 0 bridgehead atoms. The number of hydrogen-bond donors (Lipinski definition) is 2. The van der Waals surface area contributed by atoms with Gasteiger partial charge >= 0.3 is 0 Å². The first-order valence-corrected chi connectivity index (χ1v) is 9.22. The Labute approximate surface area is 146 Å². The molecule has 2 aromatic carbocycles. The quantitative estimate of drug-likeness (QED) is 0.748. The van der Waals surface area contributed by atoms with E-state index in [1.54, 1.807) is 24.3 Å². The van der Waals surface area contributed by atoms with Crippen LogP contribution in [0.2, 0.25) is 0 Å². The van der Waals surface area contributed by atoms with Gasteiger partial charge in [0.25, 0.3) is 10.0 Å². The molecule has 1 aromatic heterocycles. The van der Waals surface area contributed by atoms with E-state index >= 15 is 0 Å². The summed E-state index contributed by atoms with van der Waals surface area (Å²) in [4.78, 5) is 0.329. The normalized spacial score (nSPS) is 11.5. The van der Waals surface area contributed by atoms with E-state index in [0.29, 0.717) is 22.0 Å². The van der Waals surface area contributed by atoms with Crippen molar-refractivity contribution in [2.45, 2.75) is 32.6 Å². The maximum atomic E-state index is 13.0. The predicted molar refractivity (Wildman–Crippen MR) is 95.8 cm³/mol. The lowest BCUT2D eigenvalue weighted by Crippen LogP contribution is -2.17. The fourth-order valence-electron chi connectivity index (χ4n) is 2.80. The number of aromatic amines is 1. The second-order valence-corrected chi connectivity index (χ2v) is 7.63. The fraction of sp³-hybridized carbons (Fsp3) is 0.235. The standard InChI is InChI=1S/C17H19N5O2S/c1-10-8-11(2)13(4)16(12(10)3)25(23,24)20-15-7-5-6-14(9-15)17-18-21-22-19-17/h5-9,20H,1-4H3,(H,18,19,21,22). The average molecular weight is 357 g/mol. The summed E-state index contributed by atoms with van der Waals surface area (Å²) in [5.41, 5.74) is 4.52. The molecule has 1 heterocycles. The highest BCUT2D eigenvalue weighted by atomic mass is 32.2. The minimum Gasteiger partial charge on any atom is -0.280 e. The number of rotatable bonds is 4. The SMILES string of the molecule is Cc1cc(C)c(C)c(S(=O)(=O)Nc2cccc(-c3nn[nH]n3)c2)c1C. The number of nitrogens with one attached hydrogen (secondary N) is 2. The first kappa shape index (κ1) is 17.1. The van der Waals surface area contributed by atoms with Crippen molar-refractivity contribution in [3.8, 4) is 11.4 Å². The second-order valence-electron chi connectivity index (χ2n) is 6.01. The molecule has 0 aliphatic heterocycles. The fourth-order valence-corrected chi connectivity index (χ4v) is 4.46. The number of benzene rings is 2. The number of nitrogens with zero attached hydrogens (tertiary/aromatic N) is 3. The number of hydrogen-bond acceptors (Lipinski definition) is 5. The van der Waals surface area contributed by atoms with Crippen molar-refractivity contribution in [2.24, 2.45) is 0 Å². The van der Waals surface area contributed by atoms with Crippen LogP contribution in [0.3, 0.4) is 0 Å². The molecule has 3 rings (SSSR count). The van der Waals surface area contributed by atoms with Gasteiger partial charge in [0.2, 0.25) is 5.82 Å². The molecule has 0 fully saturated rings. The Balaban J connectivity index is 2.03. The molecular formula is C17H19N5O2S. The van der Waals surface area contributed by atoms with E-state index in [-0.39, 0.29) is 0 Å². The molecule has 25 heavy (non-hydrogen) atoms. The van der Waals surface area contributed by atoms with Crippen molar-refractivity contribution >= 4 is 15.7 Å². The van der Waals surface area contributed by atoms with Crippen LogP contribution in [0.4, 0.5) is 5.69 Å². The van der Waals surface area contributed by atoms with Crippen molar-refractivity contribution in [3.63, 3.8) is 0 Å². The van der Waals surface area contributed by atoms with Crippen LogP contribution < -0.4 is 4.72 Å². The first-order chi connectivity index (χ1) is 11.8. The second kappa shape index (κ2) is 6.29. The molecule has 130 valence electrons. The summed E-state index contributed by atoms with van der Waals surface area (Å²) < 4.78 is 28.6. The van der Waals surface area contributed by atoms with Gasteiger partial charge in [0.1, 0.15) is 0 Å². The summed E-state index contributed by atoms with van der Waals surface area (Å²) in [5, 5.41) is 13.7. The summed E-state index contributed by atoms with van der Waals surface area (Å²) in [5.74, 6) is 0.403. The monoisotopic (exact) mass is 357 g/mol. The van der Waals surface area contributed by atoms with E-state index in [1.807, 2.05) is 33.8 Å². The molecule has 0 radical (unpaired) electrons. The van der Waals surface area contributed by atoms with E-state index in [1.165, 1.54) is 0 Å². The third-order valence-electron chi connectivity index (χ3n) is 4.28. The molecule has 0 spiro atoms. The molecule has 0 amide bonds. The van der Waals surface area contributed by atoms with E-state index < -0.39 is 10.0 Å². The number of aryl methyl sites for hydroxylation is 2. The highest BCUT2D eigenvalue weighted by Crippen LogP contribution is 2.28. The topological polar surface area (TPSA) is 101 Å².